The van der Waals surface area contributed by atoms with Crippen molar-refractivity contribution in [3.05, 3.63) is 89.5 Å². The van der Waals surface area contributed by atoms with Gasteiger partial charge in [0.15, 0.2) is 0 Å². The maximum Gasteiger partial charge on any atom is 0.408 e. The number of carboxylic acids is 1. The van der Waals surface area contributed by atoms with E-state index in [1.165, 1.54) is 0 Å². The Morgan fingerprint density at radius 3 is 2.32 bits per heavy atom. The molecule has 0 saturated heterocycles. The molecule has 0 spiro atoms. The van der Waals surface area contributed by atoms with Gasteiger partial charge < -0.3 is 20.3 Å². The Hall–Kier alpha value is -3.80. The van der Waals surface area contributed by atoms with Crippen LogP contribution in [0.5, 0.6) is 5.75 Å². The van der Waals surface area contributed by atoms with Crippen LogP contribution in [0.2, 0.25) is 0 Å². The fourth-order valence-corrected chi connectivity index (χ4v) is 3.32. The molecule has 0 fully saturated rings. The molecule has 0 radical (unpaired) electrons. The number of hydrogen-bond acceptors (Lipinski definition) is 4. The van der Waals surface area contributed by atoms with Crippen LogP contribution in [0.3, 0.4) is 0 Å². The largest absolute Gasteiger partial charge is 0.508 e. The number of hydrogen-bond donors (Lipinski definition) is 3. The van der Waals surface area contributed by atoms with Crippen LogP contribution in [0, 0.1) is 0 Å². The van der Waals surface area contributed by atoms with E-state index >= 15 is 0 Å². The molecular formula is C25H25NO5. The number of amides is 1. The van der Waals surface area contributed by atoms with Gasteiger partial charge in [-0.05, 0) is 46.4 Å². The summed E-state index contributed by atoms with van der Waals surface area (Å²) in [7, 11) is 0. The van der Waals surface area contributed by atoms with Crippen LogP contribution >= 0.6 is 0 Å². The van der Waals surface area contributed by atoms with E-state index in [4.69, 9.17) is 4.74 Å². The molecule has 1 amide bonds. The third-order valence-corrected chi connectivity index (χ3v) is 4.98. The smallest absolute Gasteiger partial charge is 0.408 e. The van der Waals surface area contributed by atoms with Gasteiger partial charge in [0.05, 0.1) is 0 Å². The zero-order valence-corrected chi connectivity index (χ0v) is 17.2. The topological polar surface area (TPSA) is 95.9 Å². The van der Waals surface area contributed by atoms with E-state index in [-0.39, 0.29) is 18.8 Å². The fraction of sp³-hybridized carbons (Fsp3) is 0.200. The molecular weight excluding hydrogens is 394 g/mol. The number of carbonyl (C=O) groups excluding carboxylic acids is 1. The van der Waals surface area contributed by atoms with Crippen LogP contribution < -0.4 is 5.32 Å². The van der Waals surface area contributed by atoms with Gasteiger partial charge in [0, 0.05) is 6.42 Å². The molecule has 31 heavy (non-hydrogen) atoms. The van der Waals surface area contributed by atoms with Gasteiger partial charge in [0.1, 0.15) is 18.4 Å². The van der Waals surface area contributed by atoms with E-state index in [1.807, 2.05) is 67.6 Å². The van der Waals surface area contributed by atoms with Gasteiger partial charge in [-0.1, -0.05) is 67.6 Å². The lowest BCUT2D eigenvalue weighted by Gasteiger charge is -2.15. The number of benzene rings is 3. The highest BCUT2D eigenvalue weighted by Crippen LogP contribution is 2.28. The second-order valence-electron chi connectivity index (χ2n) is 7.19. The van der Waals surface area contributed by atoms with Gasteiger partial charge in [0.25, 0.3) is 0 Å². The highest BCUT2D eigenvalue weighted by molar-refractivity contribution is 5.80. The van der Waals surface area contributed by atoms with Crippen molar-refractivity contribution in [3.63, 3.8) is 0 Å². The van der Waals surface area contributed by atoms with Gasteiger partial charge in [0.2, 0.25) is 0 Å². The first-order valence-electron chi connectivity index (χ1n) is 10.1. The molecule has 0 heterocycles. The van der Waals surface area contributed by atoms with Gasteiger partial charge >= 0.3 is 12.1 Å². The normalized spacial score (nSPS) is 11.5. The standard InChI is InChI=1S/C25H25NO5/c1-2-19-15-21(27)12-13-22(19)20-10-8-17(9-11-20)14-23(24(28)29)26-25(30)31-16-18-6-4-3-5-7-18/h3-13,15,23,27H,2,14,16H2,1H3,(H,26,30)(H,28,29)/t23-/m0/s1. The average Bonchev–Trinajstić information content (AvgIpc) is 2.78. The minimum Gasteiger partial charge on any atom is -0.508 e. The lowest BCUT2D eigenvalue weighted by Crippen LogP contribution is -2.42. The Balaban J connectivity index is 1.63. The third-order valence-electron chi connectivity index (χ3n) is 4.98. The predicted molar refractivity (Wildman–Crippen MR) is 118 cm³/mol. The summed E-state index contributed by atoms with van der Waals surface area (Å²) in [4.78, 5) is 23.7. The first-order chi connectivity index (χ1) is 15.0. The van der Waals surface area contributed by atoms with Crippen molar-refractivity contribution in [1.82, 2.24) is 5.32 Å². The molecule has 0 saturated carbocycles. The van der Waals surface area contributed by atoms with Crippen LogP contribution in [-0.2, 0) is 29.0 Å². The summed E-state index contributed by atoms with van der Waals surface area (Å²) in [5, 5.41) is 21.6. The monoisotopic (exact) mass is 419 g/mol. The Labute approximate surface area is 181 Å². The predicted octanol–water partition coefficient (Wildman–Crippen LogP) is 4.54. The quantitative estimate of drug-likeness (QED) is 0.498. The summed E-state index contributed by atoms with van der Waals surface area (Å²) >= 11 is 0. The molecule has 0 aromatic heterocycles. The zero-order chi connectivity index (χ0) is 22.2. The number of rotatable bonds is 8. The second-order valence-corrected chi connectivity index (χ2v) is 7.19. The number of alkyl carbamates (subject to hydrolysis) is 1. The maximum atomic E-state index is 12.0. The molecule has 0 bridgehead atoms. The highest BCUT2D eigenvalue weighted by atomic mass is 16.5. The van der Waals surface area contributed by atoms with Gasteiger partial charge in [-0.2, -0.15) is 0 Å². The number of phenols is 1. The lowest BCUT2D eigenvalue weighted by molar-refractivity contribution is -0.139. The Kier molecular flexibility index (Phi) is 7.27. The summed E-state index contributed by atoms with van der Waals surface area (Å²) < 4.78 is 5.12. The summed E-state index contributed by atoms with van der Waals surface area (Å²) in [6.07, 6.45) is 0.137. The first kappa shape index (κ1) is 21.9. The number of aliphatic carboxylic acids is 1. The Bertz CT molecular complexity index is 1030. The summed E-state index contributed by atoms with van der Waals surface area (Å²) in [5.41, 5.74) is 4.61. The number of carboxylic acid groups (broad SMARTS) is 1. The van der Waals surface area contributed by atoms with Crippen molar-refractivity contribution >= 4 is 12.1 Å². The number of nitrogens with one attached hydrogen (secondary N) is 1. The van der Waals surface area contributed by atoms with Crippen LogP contribution in [0.1, 0.15) is 23.6 Å². The van der Waals surface area contributed by atoms with E-state index in [1.54, 1.807) is 12.1 Å². The van der Waals surface area contributed by atoms with E-state index in [2.05, 4.69) is 5.32 Å². The molecule has 0 aliphatic carbocycles. The van der Waals surface area contributed by atoms with Crippen molar-refractivity contribution in [1.29, 1.82) is 0 Å². The van der Waals surface area contributed by atoms with Crippen LogP contribution in [0.15, 0.2) is 72.8 Å². The summed E-state index contributed by atoms with van der Waals surface area (Å²) in [6.45, 7) is 2.09. The Morgan fingerprint density at radius 2 is 1.68 bits per heavy atom. The summed E-state index contributed by atoms with van der Waals surface area (Å²) in [6, 6.07) is 20.8. The zero-order valence-electron chi connectivity index (χ0n) is 17.2. The molecule has 1 atom stereocenters. The SMILES string of the molecule is CCc1cc(O)ccc1-c1ccc(C[C@H](NC(=O)OCc2ccccc2)C(=O)O)cc1. The van der Waals surface area contributed by atoms with Crippen molar-refractivity contribution in [2.45, 2.75) is 32.4 Å². The number of carbonyl (C=O) groups is 2. The minimum absolute atomic E-state index is 0.0695. The van der Waals surface area contributed by atoms with E-state index < -0.39 is 18.1 Å². The molecule has 6 nitrogen and oxygen atoms in total. The molecule has 160 valence electrons. The van der Waals surface area contributed by atoms with Crippen molar-refractivity contribution in [2.75, 3.05) is 0 Å². The molecule has 3 aromatic rings. The van der Waals surface area contributed by atoms with Gasteiger partial charge in [-0.3, -0.25) is 0 Å². The molecule has 3 rings (SSSR count). The van der Waals surface area contributed by atoms with Gasteiger partial charge in [-0.15, -0.1) is 0 Å². The van der Waals surface area contributed by atoms with Crippen molar-refractivity contribution < 1.29 is 24.5 Å². The lowest BCUT2D eigenvalue weighted by atomic mass is 9.96. The molecule has 0 aliphatic rings. The minimum atomic E-state index is -1.13. The molecule has 3 aromatic carbocycles. The highest BCUT2D eigenvalue weighted by Gasteiger charge is 2.21. The second kappa shape index (κ2) is 10.3. The molecule has 0 aliphatic heterocycles. The molecule has 6 heteroatoms. The maximum absolute atomic E-state index is 12.0. The number of phenolic OH excluding ortho intramolecular Hbond substituents is 1. The fourth-order valence-electron chi connectivity index (χ4n) is 3.32. The van der Waals surface area contributed by atoms with E-state index in [9.17, 15) is 19.8 Å². The van der Waals surface area contributed by atoms with Crippen LogP contribution in [0.25, 0.3) is 11.1 Å². The first-order valence-corrected chi connectivity index (χ1v) is 10.1. The van der Waals surface area contributed by atoms with Gasteiger partial charge in [-0.25, -0.2) is 9.59 Å². The summed E-state index contributed by atoms with van der Waals surface area (Å²) in [5.74, 6) is -0.903. The van der Waals surface area contributed by atoms with Crippen molar-refractivity contribution in [3.8, 4) is 16.9 Å². The van der Waals surface area contributed by atoms with Crippen LogP contribution in [-0.4, -0.2) is 28.3 Å². The number of aryl methyl sites for hydroxylation is 1. The van der Waals surface area contributed by atoms with E-state index in [0.717, 1.165) is 34.2 Å². The Morgan fingerprint density at radius 1 is 0.968 bits per heavy atom. The number of aromatic hydroxyl groups is 1. The number of ether oxygens (including phenoxy) is 1. The van der Waals surface area contributed by atoms with E-state index in [0.29, 0.717) is 0 Å². The van der Waals surface area contributed by atoms with Crippen LogP contribution in [0.4, 0.5) is 4.79 Å². The molecule has 0 unspecified atom stereocenters. The third kappa shape index (κ3) is 6.09. The average molecular weight is 419 g/mol. The van der Waals surface area contributed by atoms with Crippen molar-refractivity contribution in [2.24, 2.45) is 0 Å². The molecule has 3 N–H and O–H groups in total.